The van der Waals surface area contributed by atoms with Crippen molar-refractivity contribution in [3.05, 3.63) is 55.3 Å². The molecule has 4 rings (SSSR count). The van der Waals surface area contributed by atoms with Crippen LogP contribution < -0.4 is 11.1 Å². The van der Waals surface area contributed by atoms with Gasteiger partial charge < -0.3 is 25.6 Å². The minimum Gasteiger partial charge on any atom is -0.464 e. The highest BCUT2D eigenvalue weighted by Gasteiger charge is 2.36. The number of primary amides is 1. The fourth-order valence-corrected chi connectivity index (χ4v) is 4.44. The van der Waals surface area contributed by atoms with Gasteiger partial charge in [0.05, 0.1) is 12.0 Å². The first kappa shape index (κ1) is 22.4. The van der Waals surface area contributed by atoms with Crippen LogP contribution in [0.4, 0.5) is 24.7 Å². The smallest absolute Gasteiger partial charge is 0.433 e. The monoisotopic (exact) mass is 544 g/mol. The maximum Gasteiger partial charge on any atom is 0.433 e. The molecule has 0 fully saturated rings. The van der Waals surface area contributed by atoms with Crippen molar-refractivity contribution in [2.75, 3.05) is 5.32 Å². The van der Waals surface area contributed by atoms with Crippen LogP contribution in [0.25, 0.3) is 21.5 Å². The number of nitrogens with two attached hydrogens (primary N) is 1. The normalized spacial score (nSPS) is 11.6. The number of fused-ring (bicyclic) bond motifs is 1. The lowest BCUT2D eigenvalue weighted by Gasteiger charge is -2.10. The number of hydrogen-bond donors (Lipinski definition) is 3. The van der Waals surface area contributed by atoms with E-state index < -0.39 is 40.1 Å². The van der Waals surface area contributed by atoms with E-state index >= 15 is 0 Å². The van der Waals surface area contributed by atoms with Crippen LogP contribution in [0.15, 0.2) is 33.4 Å². The highest BCUT2D eigenvalue weighted by atomic mass is 79.9. The number of nitro groups is 1. The van der Waals surface area contributed by atoms with Gasteiger partial charge in [-0.25, -0.2) is 4.98 Å². The highest BCUT2D eigenvalue weighted by molar-refractivity contribution is 9.10. The molecule has 0 aromatic carbocycles. The van der Waals surface area contributed by atoms with Gasteiger partial charge in [-0.05, 0) is 39.1 Å². The summed E-state index contributed by atoms with van der Waals surface area (Å²) in [5.74, 6) is -2.63. The molecule has 4 heterocycles. The highest BCUT2D eigenvalue weighted by Crippen LogP contribution is 2.44. The van der Waals surface area contributed by atoms with Gasteiger partial charge in [-0.15, -0.1) is 16.4 Å². The van der Waals surface area contributed by atoms with Crippen molar-refractivity contribution >= 4 is 60.8 Å². The number of H-pyrrole nitrogens is 1. The molecule has 0 bridgehead atoms. The zero-order valence-electron chi connectivity index (χ0n) is 15.7. The largest absolute Gasteiger partial charge is 0.464 e. The summed E-state index contributed by atoms with van der Waals surface area (Å²) in [5.41, 5.74) is 3.36. The Kier molecular flexibility index (Phi) is 5.41. The van der Waals surface area contributed by atoms with E-state index in [4.69, 9.17) is 10.2 Å². The number of carbonyl (C=O) groups excluding carboxylic acids is 2. The minimum absolute atomic E-state index is 0.00815. The number of halogens is 4. The van der Waals surface area contributed by atoms with Crippen LogP contribution in [0.5, 0.6) is 0 Å². The van der Waals surface area contributed by atoms with Crippen molar-refractivity contribution in [2.24, 2.45) is 5.73 Å². The van der Waals surface area contributed by atoms with Crippen LogP contribution in [0.1, 0.15) is 25.9 Å². The first-order valence-electron chi connectivity index (χ1n) is 8.57. The molecule has 4 aromatic rings. The lowest BCUT2D eigenvalue weighted by atomic mass is 10.1. The van der Waals surface area contributed by atoms with Gasteiger partial charge in [-0.3, -0.25) is 9.59 Å². The van der Waals surface area contributed by atoms with Crippen molar-refractivity contribution in [1.29, 1.82) is 0 Å². The number of aromatic nitrogens is 3. The van der Waals surface area contributed by atoms with Gasteiger partial charge in [-0.2, -0.15) is 13.2 Å². The molecule has 0 aliphatic heterocycles. The predicted octanol–water partition coefficient (Wildman–Crippen LogP) is 4.32. The van der Waals surface area contributed by atoms with Crippen LogP contribution in [0.3, 0.4) is 0 Å². The maximum absolute atomic E-state index is 13.4. The standard InChI is InChI=1S/C17H8BrF3N6O5S/c18-9-11(25-26-14(9)27(30)31)15(29)24-10-8-5(6-2-1-3-32-6)4-7(17(19,20)21)23-16(8)33-12(10)13(22)28/h1-4H,(H2,22,28)(H,24,29)(H,25,26). The lowest BCUT2D eigenvalue weighted by molar-refractivity contribution is -0.390. The fraction of sp³-hybridized carbons (Fsp3) is 0.0588. The number of pyridine rings is 1. The molecule has 2 amide bonds. The van der Waals surface area contributed by atoms with Gasteiger partial charge in [0.15, 0.2) is 5.69 Å². The van der Waals surface area contributed by atoms with E-state index in [1.54, 1.807) is 0 Å². The number of nitrogens with one attached hydrogen (secondary N) is 2. The molecule has 0 aliphatic carbocycles. The zero-order valence-corrected chi connectivity index (χ0v) is 18.1. The molecule has 33 heavy (non-hydrogen) atoms. The Balaban J connectivity index is 1.94. The van der Waals surface area contributed by atoms with E-state index in [1.807, 2.05) is 0 Å². The van der Waals surface area contributed by atoms with Crippen LogP contribution in [-0.4, -0.2) is 31.9 Å². The fourth-order valence-electron chi connectivity index (χ4n) is 2.93. The maximum atomic E-state index is 13.4. The van der Waals surface area contributed by atoms with Gasteiger partial charge in [0.1, 0.15) is 25.6 Å². The summed E-state index contributed by atoms with van der Waals surface area (Å²) in [4.78, 5) is 38.0. The van der Waals surface area contributed by atoms with E-state index in [0.717, 1.165) is 0 Å². The van der Waals surface area contributed by atoms with Gasteiger partial charge in [0.25, 0.3) is 11.8 Å². The summed E-state index contributed by atoms with van der Waals surface area (Å²) in [6, 6.07) is 3.54. The number of thiophene rings is 1. The van der Waals surface area contributed by atoms with Gasteiger partial charge in [0.2, 0.25) is 0 Å². The Morgan fingerprint density at radius 2 is 2.09 bits per heavy atom. The second-order valence-electron chi connectivity index (χ2n) is 6.33. The van der Waals surface area contributed by atoms with Crippen molar-refractivity contribution in [3.63, 3.8) is 0 Å². The average Bonchev–Trinajstić information content (AvgIpc) is 3.45. The van der Waals surface area contributed by atoms with Crippen LogP contribution in [-0.2, 0) is 6.18 Å². The van der Waals surface area contributed by atoms with Crippen LogP contribution in [0.2, 0.25) is 0 Å². The molecule has 0 atom stereocenters. The number of amides is 2. The first-order valence-corrected chi connectivity index (χ1v) is 10.2. The van der Waals surface area contributed by atoms with Gasteiger partial charge >= 0.3 is 12.0 Å². The lowest BCUT2D eigenvalue weighted by Crippen LogP contribution is -2.17. The summed E-state index contributed by atoms with van der Waals surface area (Å²) in [6.07, 6.45) is -3.58. The van der Waals surface area contributed by atoms with Crippen molar-refractivity contribution < 1.29 is 32.1 Å². The number of carbonyl (C=O) groups is 2. The molecule has 11 nitrogen and oxygen atoms in total. The summed E-state index contributed by atoms with van der Waals surface area (Å²) in [5, 5.41) is 18.9. The Labute approximate surface area is 192 Å². The number of aromatic amines is 1. The number of hydrogen-bond acceptors (Lipinski definition) is 8. The molecule has 170 valence electrons. The van der Waals surface area contributed by atoms with E-state index in [0.29, 0.717) is 17.4 Å². The summed E-state index contributed by atoms with van der Waals surface area (Å²) in [6.45, 7) is 0. The minimum atomic E-state index is -4.81. The second-order valence-corrected chi connectivity index (χ2v) is 8.12. The number of rotatable bonds is 5. The Hall–Kier alpha value is -3.79. The van der Waals surface area contributed by atoms with Crippen molar-refractivity contribution in [3.8, 4) is 11.3 Å². The molecule has 0 unspecified atom stereocenters. The Morgan fingerprint density at radius 1 is 1.36 bits per heavy atom. The molecule has 0 saturated heterocycles. The molecule has 16 heteroatoms. The molecule has 0 aliphatic rings. The van der Waals surface area contributed by atoms with E-state index in [2.05, 4.69) is 36.4 Å². The first-order chi connectivity index (χ1) is 15.5. The topological polar surface area (TPSA) is 170 Å². The average molecular weight is 545 g/mol. The molecular weight excluding hydrogens is 537 g/mol. The molecule has 0 spiro atoms. The van der Waals surface area contributed by atoms with Gasteiger partial charge in [-0.1, -0.05) is 5.10 Å². The van der Waals surface area contributed by atoms with Crippen LogP contribution in [0, 0.1) is 10.1 Å². The molecule has 0 saturated carbocycles. The van der Waals surface area contributed by atoms with Crippen molar-refractivity contribution in [1.82, 2.24) is 15.2 Å². The zero-order chi connectivity index (χ0) is 24.1. The van der Waals surface area contributed by atoms with Crippen LogP contribution >= 0.6 is 27.3 Å². The number of nitrogens with zero attached hydrogens (tertiary/aromatic N) is 3. The molecule has 4 N–H and O–H groups in total. The summed E-state index contributed by atoms with van der Waals surface area (Å²) < 4.78 is 45.2. The van der Waals surface area contributed by atoms with E-state index in [-0.39, 0.29) is 36.6 Å². The molecular formula is C17H8BrF3N6O5S. The molecule has 0 radical (unpaired) electrons. The summed E-state index contributed by atoms with van der Waals surface area (Å²) >= 11 is 3.43. The number of anilines is 1. The second kappa shape index (κ2) is 7.96. The third-order valence-electron chi connectivity index (χ3n) is 4.29. The van der Waals surface area contributed by atoms with Gasteiger partial charge in [0, 0.05) is 10.9 Å². The summed E-state index contributed by atoms with van der Waals surface area (Å²) in [7, 11) is 0. The quantitative estimate of drug-likeness (QED) is 0.248. The third kappa shape index (κ3) is 3.93. The third-order valence-corrected chi connectivity index (χ3v) is 6.14. The Morgan fingerprint density at radius 3 is 2.64 bits per heavy atom. The van der Waals surface area contributed by atoms with E-state index in [1.165, 1.54) is 18.4 Å². The molecule has 4 aromatic heterocycles. The number of alkyl halides is 3. The predicted molar refractivity (Wildman–Crippen MR) is 112 cm³/mol. The Bertz CT molecular complexity index is 1430. The number of furan rings is 1. The van der Waals surface area contributed by atoms with Crippen molar-refractivity contribution in [2.45, 2.75) is 6.18 Å². The van der Waals surface area contributed by atoms with E-state index in [9.17, 15) is 32.9 Å². The SMILES string of the molecule is NC(=O)c1sc2nc(C(F)(F)F)cc(-c3ccco3)c2c1NC(=O)c1n[nH]c([N+](=O)[O-])c1Br.